The van der Waals surface area contributed by atoms with E-state index in [9.17, 15) is 66.6 Å². The van der Waals surface area contributed by atoms with Crippen LogP contribution in [-0.4, -0.2) is 98.0 Å². The number of ether oxygens (including phenoxy) is 1. The quantitative estimate of drug-likeness (QED) is 0.0280. The third-order valence-electron chi connectivity index (χ3n) is 10.8. The summed E-state index contributed by atoms with van der Waals surface area (Å²) in [5.41, 5.74) is -0.715. The van der Waals surface area contributed by atoms with Crippen LogP contribution in [0.1, 0.15) is 17.3 Å². The van der Waals surface area contributed by atoms with Crippen molar-refractivity contribution < 1.29 is 75.9 Å². The van der Waals surface area contributed by atoms with Gasteiger partial charge in [-0.25, -0.2) is 9.36 Å². The summed E-state index contributed by atoms with van der Waals surface area (Å²) in [6.07, 6.45) is 2.78. The lowest BCUT2D eigenvalue weighted by molar-refractivity contribution is -0.603. The molecule has 1 amide bonds. The fourth-order valence-corrected chi connectivity index (χ4v) is 10.1. The van der Waals surface area contributed by atoms with E-state index in [1.165, 1.54) is 66.5 Å². The van der Waals surface area contributed by atoms with E-state index in [1.807, 2.05) is 0 Å². The standard InChI is InChI=1S/C45H35N11O16S4/c1-24(57)46-33-21-35(37(72-3)22-34(33)52-54-36-20-30-26(18-40(36)76(69,70)71)17-28(73(60,61)62)19-39(30)75(66,67)68)53-51-31-14-15-32(41-29(31)12-7-13-38(41)74(63,64)65)47-43-48-44(55(2)27-10-5-4-6-11-27)50-45(49-43)56-16-8-9-25(23-56)42(58)59/h4-23H,1-3H3,(H6-,46,47,48,49,50,53,54,57,58,59,60,61,62,63,64,65,66,67,68,69,70,71)/p+1. The molecule has 0 fully saturated rings. The third kappa shape index (κ3) is 11.6. The van der Waals surface area contributed by atoms with Crippen molar-refractivity contribution in [2.45, 2.75) is 26.5 Å². The minimum atomic E-state index is -5.27. The number of nitrogens with zero attached hydrogens (tertiary/aromatic N) is 9. The van der Waals surface area contributed by atoms with Crippen molar-refractivity contribution in [1.29, 1.82) is 0 Å². The van der Waals surface area contributed by atoms with Gasteiger partial charge >= 0.3 is 23.8 Å². The van der Waals surface area contributed by atoms with E-state index >= 15 is 0 Å². The summed E-state index contributed by atoms with van der Waals surface area (Å²) in [7, 11) is -17.8. The summed E-state index contributed by atoms with van der Waals surface area (Å²) in [6, 6.07) is 23.3. The number of fused-ring (bicyclic) bond motifs is 2. The normalized spacial score (nSPS) is 12.4. The zero-order valence-corrected chi connectivity index (χ0v) is 42.2. The number of azo groups is 2. The highest BCUT2D eigenvalue weighted by Gasteiger charge is 2.27. The average molecular weight is 1120 g/mol. The minimum absolute atomic E-state index is 0.00170. The van der Waals surface area contributed by atoms with Crippen LogP contribution in [-0.2, 0) is 45.3 Å². The first-order chi connectivity index (χ1) is 35.7. The van der Waals surface area contributed by atoms with Crippen LogP contribution in [0.15, 0.2) is 162 Å². The van der Waals surface area contributed by atoms with Crippen LogP contribution in [0.4, 0.5) is 51.7 Å². The van der Waals surface area contributed by atoms with Gasteiger partial charge in [-0.3, -0.25) is 27.9 Å². The molecule has 0 unspecified atom stereocenters. The number of para-hydroxylation sites is 1. The van der Waals surface area contributed by atoms with E-state index in [4.69, 9.17) is 4.74 Å². The molecule has 27 nitrogen and oxygen atoms in total. The van der Waals surface area contributed by atoms with Crippen molar-refractivity contribution in [3.05, 3.63) is 127 Å². The van der Waals surface area contributed by atoms with Crippen molar-refractivity contribution in [1.82, 2.24) is 15.0 Å². The first-order valence-electron chi connectivity index (χ1n) is 21.2. The molecule has 0 bridgehead atoms. The molecule has 8 rings (SSSR count). The van der Waals surface area contributed by atoms with Crippen molar-refractivity contribution in [3.63, 3.8) is 0 Å². The molecular weight excluding hydrogens is 1080 g/mol. The Hall–Kier alpha value is -8.82. The fourth-order valence-electron chi connectivity index (χ4n) is 7.41. The number of amides is 1. The number of methoxy groups -OCH3 is 1. The molecule has 0 atom stereocenters. The van der Waals surface area contributed by atoms with Crippen LogP contribution >= 0.6 is 0 Å². The number of pyridine rings is 1. The number of rotatable bonds is 16. The summed E-state index contributed by atoms with van der Waals surface area (Å²) in [4.78, 5) is 35.9. The predicted molar refractivity (Wildman–Crippen MR) is 269 cm³/mol. The monoisotopic (exact) mass is 1110 g/mol. The number of carboxylic acid groups (broad SMARTS) is 1. The molecule has 0 saturated carbocycles. The van der Waals surface area contributed by atoms with Crippen LogP contribution < -0.4 is 24.8 Å². The van der Waals surface area contributed by atoms with Crippen molar-refractivity contribution >= 4 is 126 Å². The maximum absolute atomic E-state index is 13.0. The molecule has 0 aliphatic carbocycles. The first kappa shape index (κ1) is 53.5. The lowest BCUT2D eigenvalue weighted by Crippen LogP contribution is -2.34. The smallest absolute Gasteiger partial charge is 0.444 e. The Bertz CT molecular complexity index is 4260. The number of anilines is 5. The third-order valence-corrected chi connectivity index (χ3v) is 14.3. The Kier molecular flexibility index (Phi) is 14.4. The highest BCUT2D eigenvalue weighted by Crippen LogP contribution is 2.43. The first-order valence-corrected chi connectivity index (χ1v) is 26.9. The maximum atomic E-state index is 13.0. The molecule has 0 saturated heterocycles. The highest BCUT2D eigenvalue weighted by atomic mass is 32.2. The van der Waals surface area contributed by atoms with Gasteiger partial charge in [0, 0.05) is 41.9 Å². The van der Waals surface area contributed by atoms with E-state index in [0.717, 1.165) is 25.1 Å². The second-order valence-electron chi connectivity index (χ2n) is 15.9. The fraction of sp³-hybridized carbons (Fsp3) is 0.0667. The average Bonchev–Trinajstić information content (AvgIpc) is 3.40. The molecule has 0 radical (unpaired) electrons. The Balaban J connectivity index is 1.23. The molecule has 7 N–H and O–H groups in total. The molecule has 0 spiro atoms. The molecule has 2 heterocycles. The van der Waals surface area contributed by atoms with Crippen LogP contribution in [0.25, 0.3) is 27.5 Å². The number of nitrogens with one attached hydrogen (secondary N) is 2. The summed E-state index contributed by atoms with van der Waals surface area (Å²) < 4.78 is 147. The zero-order chi connectivity index (χ0) is 55.1. The van der Waals surface area contributed by atoms with Crippen LogP contribution in [0.2, 0.25) is 0 Å². The van der Waals surface area contributed by atoms with Gasteiger partial charge in [0.2, 0.25) is 5.91 Å². The Labute approximate surface area is 429 Å². The molecule has 6 aromatic carbocycles. The number of benzene rings is 6. The van der Waals surface area contributed by atoms with Crippen molar-refractivity contribution in [2.75, 3.05) is 29.7 Å². The Morgan fingerprint density at radius 2 is 1.30 bits per heavy atom. The molecule has 2 aromatic heterocycles. The number of carbonyl (C=O) groups is 2. The van der Waals surface area contributed by atoms with Gasteiger partial charge in [-0.15, -0.1) is 25.4 Å². The van der Waals surface area contributed by atoms with E-state index in [0.29, 0.717) is 23.9 Å². The molecule has 390 valence electrons. The summed E-state index contributed by atoms with van der Waals surface area (Å²) >= 11 is 0. The second-order valence-corrected chi connectivity index (χ2v) is 21.5. The van der Waals surface area contributed by atoms with Gasteiger partial charge in [-0.05, 0) is 88.2 Å². The number of carboxylic acids is 1. The Morgan fingerprint density at radius 1 is 0.632 bits per heavy atom. The molecule has 31 heteroatoms. The molecule has 0 aliphatic rings. The van der Waals surface area contributed by atoms with Gasteiger partial charge in [0.1, 0.15) is 37.5 Å². The predicted octanol–water partition coefficient (Wildman–Crippen LogP) is 7.45. The van der Waals surface area contributed by atoms with E-state index in [-0.39, 0.29) is 68.4 Å². The number of carbonyl (C=O) groups excluding carboxylic acids is 1. The summed E-state index contributed by atoms with van der Waals surface area (Å²) in [5, 5.41) is 30.7. The number of aromatic nitrogens is 4. The SMILES string of the molecule is COc1cc(N=Nc2cc3c(S(=O)(=O)O)cc(S(=O)(=O)O)cc3cc2S(=O)(=O)O)c(NC(C)=O)cc1N=Nc1ccc(Nc2nc(N(C)c3ccccc3)nc(-[n+]3cccc(C(=O)O)c3)n2)c2c(S(=O)(=O)O)cccc12. The van der Waals surface area contributed by atoms with E-state index < -0.39 is 88.4 Å². The maximum Gasteiger partial charge on any atom is 0.444 e. The minimum Gasteiger partial charge on any atom is -0.494 e. The summed E-state index contributed by atoms with van der Waals surface area (Å²) in [5.74, 6) is -2.15. The number of hydrogen-bond acceptors (Lipinski definition) is 20. The van der Waals surface area contributed by atoms with Gasteiger partial charge in [0.15, 0.2) is 0 Å². The van der Waals surface area contributed by atoms with Crippen LogP contribution in [0.3, 0.4) is 0 Å². The second kappa shape index (κ2) is 20.5. The van der Waals surface area contributed by atoms with Gasteiger partial charge < -0.3 is 20.5 Å². The Morgan fingerprint density at radius 3 is 1.95 bits per heavy atom. The van der Waals surface area contributed by atoms with Gasteiger partial charge in [0.25, 0.3) is 40.5 Å². The number of hydrogen-bond donors (Lipinski definition) is 7. The zero-order valence-electron chi connectivity index (χ0n) is 38.9. The number of aromatic carboxylic acids is 1. The summed E-state index contributed by atoms with van der Waals surface area (Å²) in [6.45, 7) is 1.12. The van der Waals surface area contributed by atoms with Crippen molar-refractivity contribution in [2.24, 2.45) is 20.5 Å². The van der Waals surface area contributed by atoms with E-state index in [1.54, 1.807) is 42.3 Å². The molecule has 0 aliphatic heterocycles. The van der Waals surface area contributed by atoms with Crippen LogP contribution in [0.5, 0.6) is 5.75 Å². The highest BCUT2D eigenvalue weighted by molar-refractivity contribution is 7.87. The molecular formula is C45H36N11O16S4+. The molecule has 8 aromatic rings. The van der Waals surface area contributed by atoms with Gasteiger partial charge in [0.05, 0.1) is 47.0 Å². The van der Waals surface area contributed by atoms with Crippen LogP contribution in [0, 0.1) is 0 Å². The lowest BCUT2D eigenvalue weighted by atomic mass is 10.1. The van der Waals surface area contributed by atoms with Gasteiger partial charge in [-0.1, -0.05) is 30.3 Å². The lowest BCUT2D eigenvalue weighted by Gasteiger charge is -2.16. The molecule has 76 heavy (non-hydrogen) atoms. The topological polar surface area (TPSA) is 400 Å². The van der Waals surface area contributed by atoms with Crippen molar-refractivity contribution in [3.8, 4) is 11.7 Å². The largest absolute Gasteiger partial charge is 0.494 e. The van der Waals surface area contributed by atoms with E-state index in [2.05, 4.69) is 46.0 Å². The van der Waals surface area contributed by atoms with Gasteiger partial charge in [-0.2, -0.15) is 33.7 Å².